The number of hydrogen-bond acceptors (Lipinski definition) is 5. The first kappa shape index (κ1) is 24.4. The highest BCUT2D eigenvalue weighted by atomic mass is 32.2. The maximum Gasteiger partial charge on any atom is 0.243 e. The van der Waals surface area contributed by atoms with Gasteiger partial charge < -0.3 is 16.0 Å². The van der Waals surface area contributed by atoms with Crippen molar-refractivity contribution < 1.29 is 18.0 Å². The third-order valence-corrected chi connectivity index (χ3v) is 6.92. The molecule has 10 heteroatoms. The SMILES string of the molecule is C[C@@H](NS(=O)(=O)Cc1ccccc1)C(=O)N1CCC[C@H]1C(=O)NCc1ccc(C(=N)N)cc1. The van der Waals surface area contributed by atoms with Gasteiger partial charge in [-0.1, -0.05) is 54.6 Å². The monoisotopic (exact) mass is 471 g/mol. The fraction of sp³-hybridized carbons (Fsp3) is 0.348. The topological polar surface area (TPSA) is 145 Å². The highest BCUT2D eigenvalue weighted by molar-refractivity contribution is 7.88. The molecule has 2 amide bonds. The molecule has 0 bridgehead atoms. The number of nitrogens with two attached hydrogens (primary N) is 1. The normalized spacial score (nSPS) is 16.9. The van der Waals surface area contributed by atoms with Gasteiger partial charge >= 0.3 is 0 Å². The van der Waals surface area contributed by atoms with Crippen LogP contribution in [0, 0.1) is 5.41 Å². The van der Waals surface area contributed by atoms with Gasteiger partial charge in [0.15, 0.2) is 0 Å². The Morgan fingerprint density at radius 1 is 1.12 bits per heavy atom. The predicted octanol–water partition coefficient (Wildman–Crippen LogP) is 1.09. The Morgan fingerprint density at radius 3 is 2.42 bits per heavy atom. The molecule has 2 aromatic carbocycles. The summed E-state index contributed by atoms with van der Waals surface area (Å²) in [5.41, 5.74) is 7.51. The van der Waals surface area contributed by atoms with E-state index in [-0.39, 0.29) is 24.0 Å². The molecule has 2 atom stereocenters. The van der Waals surface area contributed by atoms with Crippen molar-refractivity contribution in [3.63, 3.8) is 0 Å². The lowest BCUT2D eigenvalue weighted by Crippen LogP contribution is -2.52. The lowest BCUT2D eigenvalue weighted by Gasteiger charge is -2.27. The number of sulfonamides is 1. The molecule has 1 aliphatic rings. The number of likely N-dealkylation sites (tertiary alicyclic amines) is 1. The quantitative estimate of drug-likeness (QED) is 0.319. The first-order chi connectivity index (χ1) is 15.7. The summed E-state index contributed by atoms with van der Waals surface area (Å²) >= 11 is 0. The standard InChI is InChI=1S/C23H29N5O4S/c1-16(27-33(31,32)15-18-6-3-2-4-7-18)23(30)28-13-5-8-20(28)22(29)26-14-17-9-11-19(12-10-17)21(24)25/h2-4,6-7,9-12,16,20,27H,5,8,13-15H2,1H3,(H3,24,25)(H,26,29)/t16-,20+/m1/s1. The molecule has 0 saturated carbocycles. The molecule has 1 fully saturated rings. The minimum Gasteiger partial charge on any atom is -0.384 e. The van der Waals surface area contributed by atoms with Gasteiger partial charge in [0.2, 0.25) is 21.8 Å². The third-order valence-electron chi connectivity index (χ3n) is 5.50. The summed E-state index contributed by atoms with van der Waals surface area (Å²) in [5, 5.41) is 10.3. The summed E-state index contributed by atoms with van der Waals surface area (Å²) in [4.78, 5) is 27.2. The summed E-state index contributed by atoms with van der Waals surface area (Å²) in [6.07, 6.45) is 1.19. The van der Waals surface area contributed by atoms with E-state index in [0.29, 0.717) is 30.5 Å². The number of rotatable bonds is 9. The Hall–Kier alpha value is -3.24. The molecule has 2 aromatic rings. The van der Waals surface area contributed by atoms with Crippen LogP contribution < -0.4 is 15.8 Å². The van der Waals surface area contributed by atoms with Crippen LogP contribution in [0.15, 0.2) is 54.6 Å². The van der Waals surface area contributed by atoms with Crippen molar-refractivity contribution in [2.45, 2.75) is 44.1 Å². The van der Waals surface area contributed by atoms with E-state index < -0.39 is 28.0 Å². The van der Waals surface area contributed by atoms with Crippen LogP contribution in [0.25, 0.3) is 0 Å². The van der Waals surface area contributed by atoms with E-state index >= 15 is 0 Å². The maximum absolute atomic E-state index is 13.0. The highest BCUT2D eigenvalue weighted by Crippen LogP contribution is 2.19. The Labute approximate surface area is 193 Å². The summed E-state index contributed by atoms with van der Waals surface area (Å²) in [6, 6.07) is 14.1. The second-order valence-electron chi connectivity index (χ2n) is 8.10. The summed E-state index contributed by atoms with van der Waals surface area (Å²) in [6.45, 7) is 2.17. The highest BCUT2D eigenvalue weighted by Gasteiger charge is 2.36. The van der Waals surface area contributed by atoms with Gasteiger partial charge in [0.25, 0.3) is 0 Å². The predicted molar refractivity (Wildman–Crippen MR) is 126 cm³/mol. The molecular weight excluding hydrogens is 442 g/mol. The smallest absolute Gasteiger partial charge is 0.243 e. The van der Waals surface area contributed by atoms with E-state index in [0.717, 1.165) is 5.56 Å². The lowest BCUT2D eigenvalue weighted by atomic mass is 10.1. The minimum absolute atomic E-state index is 0.0285. The van der Waals surface area contributed by atoms with E-state index in [1.807, 2.05) is 0 Å². The number of amides is 2. The number of nitrogens with zero attached hydrogens (tertiary/aromatic N) is 1. The van der Waals surface area contributed by atoms with Gasteiger partial charge in [-0.25, -0.2) is 13.1 Å². The van der Waals surface area contributed by atoms with Crippen molar-refractivity contribution in [3.05, 3.63) is 71.3 Å². The van der Waals surface area contributed by atoms with Gasteiger partial charge in [0.1, 0.15) is 11.9 Å². The van der Waals surface area contributed by atoms with Crippen molar-refractivity contribution in [3.8, 4) is 0 Å². The van der Waals surface area contributed by atoms with Crippen LogP contribution in [0.1, 0.15) is 36.5 Å². The first-order valence-electron chi connectivity index (χ1n) is 10.7. The van der Waals surface area contributed by atoms with Crippen molar-refractivity contribution >= 4 is 27.7 Å². The average molecular weight is 472 g/mol. The van der Waals surface area contributed by atoms with Gasteiger partial charge in [-0.15, -0.1) is 0 Å². The first-order valence-corrected chi connectivity index (χ1v) is 12.4. The van der Waals surface area contributed by atoms with Gasteiger partial charge in [-0.05, 0) is 30.9 Å². The second-order valence-corrected chi connectivity index (χ2v) is 9.86. The van der Waals surface area contributed by atoms with Crippen molar-refractivity contribution in [1.82, 2.24) is 14.9 Å². The van der Waals surface area contributed by atoms with Gasteiger partial charge in [0, 0.05) is 18.7 Å². The minimum atomic E-state index is -3.72. The molecule has 3 rings (SSSR count). The molecule has 0 aromatic heterocycles. The Morgan fingerprint density at radius 2 is 1.79 bits per heavy atom. The van der Waals surface area contributed by atoms with Crippen molar-refractivity contribution in [1.29, 1.82) is 5.41 Å². The number of carbonyl (C=O) groups excluding carboxylic acids is 2. The molecular formula is C23H29N5O4S. The van der Waals surface area contributed by atoms with Crippen LogP contribution >= 0.6 is 0 Å². The number of nitrogen functional groups attached to an aromatic ring is 1. The molecule has 1 saturated heterocycles. The fourth-order valence-corrected chi connectivity index (χ4v) is 5.17. The van der Waals surface area contributed by atoms with Crippen LogP contribution in [0.3, 0.4) is 0 Å². The number of nitrogens with one attached hydrogen (secondary N) is 3. The third kappa shape index (κ3) is 6.62. The van der Waals surface area contributed by atoms with Crippen LogP contribution in [0.5, 0.6) is 0 Å². The van der Waals surface area contributed by atoms with E-state index in [1.165, 1.54) is 11.8 Å². The zero-order chi connectivity index (χ0) is 24.0. The summed E-state index contributed by atoms with van der Waals surface area (Å²) in [5.74, 6) is -0.956. The fourth-order valence-electron chi connectivity index (χ4n) is 3.82. The number of hydrogen-bond donors (Lipinski definition) is 4. The van der Waals surface area contributed by atoms with Crippen LogP contribution in [-0.2, 0) is 31.9 Å². The molecule has 1 aliphatic heterocycles. The summed E-state index contributed by atoms with van der Waals surface area (Å²) in [7, 11) is -3.72. The molecule has 0 aliphatic carbocycles. The number of carbonyl (C=O) groups is 2. The largest absolute Gasteiger partial charge is 0.384 e. The molecule has 5 N–H and O–H groups in total. The van der Waals surface area contributed by atoms with E-state index in [2.05, 4.69) is 10.0 Å². The number of amidine groups is 1. The zero-order valence-corrected chi connectivity index (χ0v) is 19.3. The van der Waals surface area contributed by atoms with E-state index in [1.54, 1.807) is 54.6 Å². The number of benzene rings is 2. The molecule has 0 radical (unpaired) electrons. The maximum atomic E-state index is 13.0. The van der Waals surface area contributed by atoms with Gasteiger partial charge in [0.05, 0.1) is 11.8 Å². The van der Waals surface area contributed by atoms with Gasteiger partial charge in [-0.3, -0.25) is 15.0 Å². The lowest BCUT2D eigenvalue weighted by molar-refractivity contribution is -0.139. The van der Waals surface area contributed by atoms with E-state index in [4.69, 9.17) is 11.1 Å². The summed E-state index contributed by atoms with van der Waals surface area (Å²) < 4.78 is 27.4. The Balaban J connectivity index is 1.57. The molecule has 1 heterocycles. The Bertz CT molecular complexity index is 1100. The van der Waals surface area contributed by atoms with Crippen LogP contribution in [0.2, 0.25) is 0 Å². The van der Waals surface area contributed by atoms with Crippen LogP contribution in [-0.4, -0.2) is 49.6 Å². The zero-order valence-electron chi connectivity index (χ0n) is 18.5. The van der Waals surface area contributed by atoms with Crippen molar-refractivity contribution in [2.75, 3.05) is 6.54 Å². The van der Waals surface area contributed by atoms with Crippen molar-refractivity contribution in [2.24, 2.45) is 5.73 Å². The van der Waals surface area contributed by atoms with Crippen LogP contribution in [0.4, 0.5) is 0 Å². The molecule has 0 unspecified atom stereocenters. The molecule has 9 nitrogen and oxygen atoms in total. The second kappa shape index (κ2) is 10.6. The Kier molecular flexibility index (Phi) is 7.83. The van der Waals surface area contributed by atoms with Gasteiger partial charge in [-0.2, -0.15) is 0 Å². The average Bonchev–Trinajstić information content (AvgIpc) is 3.27. The molecule has 33 heavy (non-hydrogen) atoms. The van der Waals surface area contributed by atoms with E-state index in [9.17, 15) is 18.0 Å². The molecule has 0 spiro atoms. The molecule has 176 valence electrons.